The van der Waals surface area contributed by atoms with Crippen LogP contribution in [0.4, 0.5) is 0 Å². The van der Waals surface area contributed by atoms with Crippen LogP contribution in [0, 0.1) is 0 Å². The lowest BCUT2D eigenvalue weighted by atomic mass is 10.3. The van der Waals surface area contributed by atoms with E-state index >= 15 is 0 Å². The Kier molecular flexibility index (Phi) is 2.65. The van der Waals surface area contributed by atoms with Gasteiger partial charge >= 0.3 is 0 Å². The van der Waals surface area contributed by atoms with Gasteiger partial charge in [-0.15, -0.1) is 0 Å². The standard InChI is InChI=1S/C6H4BrClO3S/c7-6-4(9)2-1-3-5(6)12(8,10)11/h1-3,9H. The van der Waals surface area contributed by atoms with Crippen LogP contribution in [-0.2, 0) is 9.05 Å². The molecule has 1 rings (SSSR count). The van der Waals surface area contributed by atoms with Crippen molar-refractivity contribution in [1.29, 1.82) is 0 Å². The van der Waals surface area contributed by atoms with E-state index in [1.807, 2.05) is 0 Å². The Morgan fingerprint density at radius 3 is 2.42 bits per heavy atom. The molecule has 0 saturated carbocycles. The second-order valence-corrected chi connectivity index (χ2v) is 5.35. The van der Waals surface area contributed by atoms with Crippen LogP contribution in [0.25, 0.3) is 0 Å². The van der Waals surface area contributed by atoms with Crippen LogP contribution in [-0.4, -0.2) is 13.5 Å². The van der Waals surface area contributed by atoms with E-state index in [4.69, 9.17) is 15.8 Å². The molecule has 0 heterocycles. The third kappa shape index (κ3) is 1.91. The van der Waals surface area contributed by atoms with E-state index < -0.39 is 9.05 Å². The summed E-state index contributed by atoms with van der Waals surface area (Å²) in [4.78, 5) is -0.135. The van der Waals surface area contributed by atoms with E-state index in [2.05, 4.69) is 15.9 Å². The zero-order valence-electron chi connectivity index (χ0n) is 5.66. The molecule has 0 atom stereocenters. The highest BCUT2D eigenvalue weighted by molar-refractivity contribution is 9.10. The molecule has 0 aromatic heterocycles. The van der Waals surface area contributed by atoms with E-state index in [9.17, 15) is 8.42 Å². The van der Waals surface area contributed by atoms with Crippen molar-refractivity contribution in [3.63, 3.8) is 0 Å². The molecule has 12 heavy (non-hydrogen) atoms. The van der Waals surface area contributed by atoms with Gasteiger partial charge in [-0.05, 0) is 28.1 Å². The van der Waals surface area contributed by atoms with E-state index in [-0.39, 0.29) is 15.1 Å². The molecule has 0 fully saturated rings. The van der Waals surface area contributed by atoms with Crippen molar-refractivity contribution in [2.24, 2.45) is 0 Å². The second kappa shape index (κ2) is 3.24. The minimum absolute atomic E-state index is 0.0833. The monoisotopic (exact) mass is 270 g/mol. The zero-order chi connectivity index (χ0) is 9.35. The van der Waals surface area contributed by atoms with Gasteiger partial charge in [-0.25, -0.2) is 8.42 Å². The number of phenolic OH excluding ortho intramolecular Hbond substituents is 1. The average molecular weight is 272 g/mol. The number of benzene rings is 1. The molecule has 0 radical (unpaired) electrons. The van der Waals surface area contributed by atoms with Crippen molar-refractivity contribution >= 4 is 35.7 Å². The fourth-order valence-corrected chi connectivity index (χ4v) is 2.82. The predicted molar refractivity (Wildman–Crippen MR) is 48.8 cm³/mol. The van der Waals surface area contributed by atoms with Gasteiger partial charge in [-0.3, -0.25) is 0 Å². The summed E-state index contributed by atoms with van der Waals surface area (Å²) in [7, 11) is 1.28. The van der Waals surface area contributed by atoms with E-state index in [0.29, 0.717) is 0 Å². The van der Waals surface area contributed by atoms with E-state index in [0.717, 1.165) is 0 Å². The van der Waals surface area contributed by atoms with Crippen LogP contribution in [0.2, 0.25) is 0 Å². The molecular weight excluding hydrogens is 267 g/mol. The number of aromatic hydroxyl groups is 1. The van der Waals surface area contributed by atoms with Gasteiger partial charge in [0.2, 0.25) is 0 Å². The first-order valence-corrected chi connectivity index (χ1v) is 5.95. The maximum atomic E-state index is 10.8. The molecule has 3 nitrogen and oxygen atoms in total. The minimum Gasteiger partial charge on any atom is -0.507 e. The molecule has 66 valence electrons. The summed E-state index contributed by atoms with van der Waals surface area (Å²) in [6, 6.07) is 4.05. The van der Waals surface area contributed by atoms with Gasteiger partial charge in [-0.1, -0.05) is 6.07 Å². The molecule has 0 bridgehead atoms. The summed E-state index contributed by atoms with van der Waals surface area (Å²) in [6.45, 7) is 0. The lowest BCUT2D eigenvalue weighted by Crippen LogP contribution is -1.91. The number of hydrogen-bond acceptors (Lipinski definition) is 3. The first kappa shape index (κ1) is 9.83. The smallest absolute Gasteiger partial charge is 0.262 e. The average Bonchev–Trinajstić information content (AvgIpc) is 1.92. The molecule has 0 saturated heterocycles. The Bertz CT molecular complexity index is 401. The zero-order valence-corrected chi connectivity index (χ0v) is 8.82. The lowest BCUT2D eigenvalue weighted by Gasteiger charge is -2.00. The van der Waals surface area contributed by atoms with Gasteiger partial charge in [0.1, 0.15) is 10.6 Å². The molecule has 1 N–H and O–H groups in total. The Balaban J connectivity index is 3.47. The maximum absolute atomic E-state index is 10.8. The van der Waals surface area contributed by atoms with Crippen molar-refractivity contribution in [3.05, 3.63) is 22.7 Å². The minimum atomic E-state index is -3.79. The molecule has 0 amide bonds. The van der Waals surface area contributed by atoms with E-state index in [1.165, 1.54) is 18.2 Å². The quantitative estimate of drug-likeness (QED) is 0.796. The van der Waals surface area contributed by atoms with Crippen LogP contribution < -0.4 is 0 Å². The summed E-state index contributed by atoms with van der Waals surface area (Å²) in [5, 5.41) is 9.09. The molecule has 1 aromatic carbocycles. The van der Waals surface area contributed by atoms with Gasteiger partial charge in [0.25, 0.3) is 9.05 Å². The first-order valence-electron chi connectivity index (χ1n) is 2.85. The first-order chi connectivity index (χ1) is 5.43. The van der Waals surface area contributed by atoms with Crippen LogP contribution in [0.5, 0.6) is 5.75 Å². The summed E-state index contributed by atoms with van der Waals surface area (Å²) in [6.07, 6.45) is 0. The molecule has 0 aliphatic heterocycles. The molecule has 0 aliphatic rings. The molecule has 0 unspecified atom stereocenters. The van der Waals surface area contributed by atoms with Crippen molar-refractivity contribution in [3.8, 4) is 5.75 Å². The van der Waals surface area contributed by atoms with Crippen LogP contribution in [0.15, 0.2) is 27.6 Å². The summed E-state index contributed by atoms with van der Waals surface area (Å²) in [5.74, 6) is -0.156. The maximum Gasteiger partial charge on any atom is 0.262 e. The van der Waals surface area contributed by atoms with Crippen molar-refractivity contribution < 1.29 is 13.5 Å². The van der Waals surface area contributed by atoms with Gasteiger partial charge in [0.05, 0.1) is 4.47 Å². The highest BCUT2D eigenvalue weighted by atomic mass is 79.9. The Morgan fingerprint density at radius 2 is 2.00 bits per heavy atom. The number of rotatable bonds is 1. The Labute approximate surface area is 82.5 Å². The van der Waals surface area contributed by atoms with Gasteiger partial charge < -0.3 is 5.11 Å². The van der Waals surface area contributed by atoms with E-state index in [1.54, 1.807) is 0 Å². The summed E-state index contributed by atoms with van der Waals surface area (Å²) in [5.41, 5.74) is 0. The third-order valence-corrected chi connectivity index (χ3v) is 3.67. The van der Waals surface area contributed by atoms with Gasteiger partial charge in [0.15, 0.2) is 0 Å². The molecule has 1 aromatic rings. The fraction of sp³-hybridized carbons (Fsp3) is 0. The van der Waals surface area contributed by atoms with Gasteiger partial charge in [-0.2, -0.15) is 0 Å². The van der Waals surface area contributed by atoms with Crippen LogP contribution in [0.3, 0.4) is 0 Å². The van der Waals surface area contributed by atoms with Crippen molar-refractivity contribution in [1.82, 2.24) is 0 Å². The largest absolute Gasteiger partial charge is 0.507 e. The highest BCUT2D eigenvalue weighted by Crippen LogP contribution is 2.32. The fourth-order valence-electron chi connectivity index (χ4n) is 0.688. The molecule has 0 spiro atoms. The normalized spacial score (nSPS) is 11.5. The molecule has 0 aliphatic carbocycles. The second-order valence-electron chi connectivity index (χ2n) is 2.03. The highest BCUT2D eigenvalue weighted by Gasteiger charge is 2.15. The topological polar surface area (TPSA) is 54.4 Å². The summed E-state index contributed by atoms with van der Waals surface area (Å²) >= 11 is 2.90. The predicted octanol–water partition coefficient (Wildman–Crippen LogP) is 2.08. The molecule has 6 heteroatoms. The number of hydrogen-bond donors (Lipinski definition) is 1. The SMILES string of the molecule is O=S(=O)(Cl)c1cccc(O)c1Br. The number of halogens is 2. The van der Waals surface area contributed by atoms with Crippen molar-refractivity contribution in [2.75, 3.05) is 0 Å². The Hall–Kier alpha value is -0.260. The van der Waals surface area contributed by atoms with Crippen LogP contribution >= 0.6 is 26.6 Å². The molecular formula is C6H4BrClO3S. The van der Waals surface area contributed by atoms with Crippen LogP contribution in [0.1, 0.15) is 0 Å². The third-order valence-electron chi connectivity index (χ3n) is 1.21. The lowest BCUT2D eigenvalue weighted by molar-refractivity contribution is 0.469. The Morgan fingerprint density at radius 1 is 1.42 bits per heavy atom. The van der Waals surface area contributed by atoms with Crippen molar-refractivity contribution in [2.45, 2.75) is 4.90 Å². The van der Waals surface area contributed by atoms with Gasteiger partial charge in [0, 0.05) is 10.7 Å². The number of phenols is 1. The summed E-state index contributed by atoms with van der Waals surface area (Å²) < 4.78 is 21.7.